The summed E-state index contributed by atoms with van der Waals surface area (Å²) in [5, 5.41) is 0. The average molecular weight is 498 g/mol. The second-order valence-electron chi connectivity index (χ2n) is 6.84. The molecule has 1 aliphatic rings. The lowest BCUT2D eigenvalue weighted by Crippen LogP contribution is -2.27. The molecule has 3 aromatic carbocycles. The number of anilines is 1. The summed E-state index contributed by atoms with van der Waals surface area (Å²) in [7, 11) is -4.02. The minimum absolute atomic E-state index is 0.0427. The molecule has 1 heterocycles. The summed E-state index contributed by atoms with van der Waals surface area (Å²) in [4.78, 5) is 14.9. The van der Waals surface area contributed by atoms with E-state index in [2.05, 4.69) is 0 Å². The summed E-state index contributed by atoms with van der Waals surface area (Å²) in [5.41, 5.74) is 1.35. The molecule has 1 saturated heterocycles. The molecule has 33 heavy (non-hydrogen) atoms. The lowest BCUT2D eigenvalue weighted by atomic mass is 10.2. The zero-order valence-corrected chi connectivity index (χ0v) is 20.0. The first kappa shape index (κ1) is 23.0. The summed E-state index contributed by atoms with van der Waals surface area (Å²) in [6.45, 7) is 2.09. The van der Waals surface area contributed by atoms with Gasteiger partial charge in [0, 0.05) is 0 Å². The first-order chi connectivity index (χ1) is 15.9. The van der Waals surface area contributed by atoms with Crippen molar-refractivity contribution in [3.05, 3.63) is 89.3 Å². The number of para-hydroxylation sites is 1. The Morgan fingerprint density at radius 2 is 1.64 bits per heavy atom. The maximum absolute atomic E-state index is 13.0. The minimum Gasteiger partial charge on any atom is -0.490 e. The van der Waals surface area contributed by atoms with Gasteiger partial charge in [-0.15, -0.1) is 0 Å². The van der Waals surface area contributed by atoms with Crippen molar-refractivity contribution < 1.29 is 22.1 Å². The molecule has 4 rings (SSSR count). The number of ether oxygens (including phenoxy) is 1. The van der Waals surface area contributed by atoms with E-state index >= 15 is 0 Å². The highest BCUT2D eigenvalue weighted by Crippen LogP contribution is 2.37. The Kier molecular flexibility index (Phi) is 6.83. The van der Waals surface area contributed by atoms with Crippen LogP contribution in [0.3, 0.4) is 0 Å². The molecular formula is C24H19NO5S3. The molecular weight excluding hydrogens is 478 g/mol. The largest absolute Gasteiger partial charge is 0.490 e. The number of amides is 1. The van der Waals surface area contributed by atoms with Crippen LogP contribution in [0.4, 0.5) is 5.69 Å². The van der Waals surface area contributed by atoms with Crippen molar-refractivity contribution in [1.29, 1.82) is 0 Å². The van der Waals surface area contributed by atoms with Crippen molar-refractivity contribution in [1.82, 2.24) is 0 Å². The van der Waals surface area contributed by atoms with Crippen LogP contribution in [0.2, 0.25) is 0 Å². The van der Waals surface area contributed by atoms with Crippen molar-refractivity contribution in [3.8, 4) is 11.5 Å². The molecule has 0 atom stereocenters. The zero-order valence-electron chi connectivity index (χ0n) is 17.5. The van der Waals surface area contributed by atoms with Crippen molar-refractivity contribution >= 4 is 56.1 Å². The molecule has 0 aromatic heterocycles. The molecule has 0 saturated carbocycles. The highest BCUT2D eigenvalue weighted by molar-refractivity contribution is 8.27. The fraction of sp³-hybridized carbons (Fsp3) is 0.0833. The Hall–Kier alpha value is -3.14. The molecule has 0 bridgehead atoms. The molecule has 1 aliphatic heterocycles. The van der Waals surface area contributed by atoms with Gasteiger partial charge in [-0.25, -0.2) is 0 Å². The van der Waals surface area contributed by atoms with Crippen molar-refractivity contribution in [2.45, 2.75) is 11.8 Å². The van der Waals surface area contributed by atoms with E-state index in [1.807, 2.05) is 30.3 Å². The molecule has 0 unspecified atom stereocenters. The van der Waals surface area contributed by atoms with E-state index in [1.54, 1.807) is 43.3 Å². The molecule has 9 heteroatoms. The van der Waals surface area contributed by atoms with Gasteiger partial charge in [-0.3, -0.25) is 9.69 Å². The lowest BCUT2D eigenvalue weighted by Gasteiger charge is -2.14. The minimum atomic E-state index is -4.02. The van der Waals surface area contributed by atoms with E-state index in [-0.39, 0.29) is 22.3 Å². The first-order valence-corrected chi connectivity index (χ1v) is 12.6. The van der Waals surface area contributed by atoms with Gasteiger partial charge in [0.15, 0.2) is 15.8 Å². The Balaban J connectivity index is 1.62. The number of thioether (sulfide) groups is 1. The van der Waals surface area contributed by atoms with Gasteiger partial charge in [0.05, 0.1) is 17.2 Å². The number of rotatable bonds is 7. The van der Waals surface area contributed by atoms with E-state index in [4.69, 9.17) is 21.1 Å². The first-order valence-electron chi connectivity index (χ1n) is 9.98. The van der Waals surface area contributed by atoms with Crippen LogP contribution in [0.15, 0.2) is 88.7 Å². The molecule has 0 spiro atoms. The SMILES string of the molecule is CCOc1cc(/C=C2/SC(=S)N(c3ccccc3)C2=O)ccc1OS(=O)(=O)c1ccccc1. The standard InChI is InChI=1S/C24H19NO5S3/c1-2-29-21-15-17(13-14-20(21)30-33(27,28)19-11-7-4-8-12-19)16-22-23(26)25(24(31)32-22)18-9-5-3-6-10-18/h3-16H,2H2,1H3/b22-16+. The lowest BCUT2D eigenvalue weighted by molar-refractivity contribution is -0.113. The number of hydrogen-bond donors (Lipinski definition) is 0. The van der Waals surface area contributed by atoms with Gasteiger partial charge in [-0.1, -0.05) is 66.4 Å². The third-order valence-corrected chi connectivity index (χ3v) is 7.16. The van der Waals surface area contributed by atoms with Crippen LogP contribution in [0.1, 0.15) is 12.5 Å². The molecule has 1 amide bonds. The van der Waals surface area contributed by atoms with Gasteiger partial charge in [0.25, 0.3) is 5.91 Å². The fourth-order valence-electron chi connectivity index (χ4n) is 3.12. The Bertz CT molecular complexity index is 1320. The Labute approximate surface area is 202 Å². The summed E-state index contributed by atoms with van der Waals surface area (Å²) < 4.78 is 36.6. The van der Waals surface area contributed by atoms with Crippen LogP contribution in [0, 0.1) is 0 Å². The summed E-state index contributed by atoms with van der Waals surface area (Å²) in [6.07, 6.45) is 1.69. The Morgan fingerprint density at radius 1 is 0.970 bits per heavy atom. The predicted molar refractivity (Wildman–Crippen MR) is 134 cm³/mol. The topological polar surface area (TPSA) is 72.9 Å². The van der Waals surface area contributed by atoms with Gasteiger partial charge in [-0.05, 0) is 55.0 Å². The van der Waals surface area contributed by atoms with Crippen LogP contribution >= 0.6 is 24.0 Å². The third kappa shape index (κ3) is 5.11. The molecule has 0 radical (unpaired) electrons. The highest BCUT2D eigenvalue weighted by atomic mass is 32.2. The van der Waals surface area contributed by atoms with Crippen LogP contribution in [-0.2, 0) is 14.9 Å². The summed E-state index contributed by atoms with van der Waals surface area (Å²) >= 11 is 6.61. The maximum atomic E-state index is 13.0. The van der Waals surface area contributed by atoms with Crippen molar-refractivity contribution in [3.63, 3.8) is 0 Å². The number of benzene rings is 3. The van der Waals surface area contributed by atoms with Gasteiger partial charge < -0.3 is 8.92 Å². The van der Waals surface area contributed by atoms with E-state index in [9.17, 15) is 13.2 Å². The molecule has 0 aliphatic carbocycles. The van der Waals surface area contributed by atoms with Gasteiger partial charge >= 0.3 is 10.1 Å². The second-order valence-corrected chi connectivity index (χ2v) is 10.1. The summed E-state index contributed by atoms with van der Waals surface area (Å²) in [6, 6.07) is 21.9. The number of hydrogen-bond acceptors (Lipinski definition) is 7. The fourth-order valence-corrected chi connectivity index (χ4v) is 5.38. The van der Waals surface area contributed by atoms with Gasteiger partial charge in [0.2, 0.25) is 0 Å². The smallest absolute Gasteiger partial charge is 0.339 e. The third-order valence-electron chi connectivity index (χ3n) is 4.60. The molecule has 0 N–H and O–H groups in total. The number of carbonyl (C=O) groups excluding carboxylic acids is 1. The van der Waals surface area contributed by atoms with E-state index in [1.165, 1.54) is 34.9 Å². The van der Waals surface area contributed by atoms with Crippen LogP contribution in [-0.4, -0.2) is 25.3 Å². The van der Waals surface area contributed by atoms with Crippen LogP contribution in [0.5, 0.6) is 11.5 Å². The highest BCUT2D eigenvalue weighted by Gasteiger charge is 2.33. The van der Waals surface area contributed by atoms with E-state index in [0.29, 0.717) is 27.1 Å². The number of nitrogens with zero attached hydrogens (tertiary/aromatic N) is 1. The number of carbonyl (C=O) groups is 1. The Morgan fingerprint density at radius 3 is 2.30 bits per heavy atom. The van der Waals surface area contributed by atoms with Crippen molar-refractivity contribution in [2.75, 3.05) is 11.5 Å². The second kappa shape index (κ2) is 9.78. The van der Waals surface area contributed by atoms with Gasteiger partial charge in [-0.2, -0.15) is 8.42 Å². The predicted octanol–water partition coefficient (Wildman–Crippen LogP) is 5.26. The quantitative estimate of drug-likeness (QED) is 0.250. The number of thiocarbonyl (C=S) groups is 1. The van der Waals surface area contributed by atoms with Gasteiger partial charge in [0.1, 0.15) is 4.90 Å². The summed E-state index contributed by atoms with van der Waals surface area (Å²) in [5.74, 6) is 0.0973. The van der Waals surface area contributed by atoms with Crippen LogP contribution < -0.4 is 13.8 Å². The monoisotopic (exact) mass is 497 g/mol. The van der Waals surface area contributed by atoms with Crippen molar-refractivity contribution in [2.24, 2.45) is 0 Å². The van der Waals surface area contributed by atoms with E-state index in [0.717, 1.165) is 0 Å². The molecule has 1 fully saturated rings. The average Bonchev–Trinajstić information content (AvgIpc) is 3.09. The normalized spacial score (nSPS) is 15.2. The van der Waals surface area contributed by atoms with E-state index < -0.39 is 10.1 Å². The maximum Gasteiger partial charge on any atom is 0.339 e. The zero-order chi connectivity index (χ0) is 23.4. The molecule has 6 nitrogen and oxygen atoms in total. The van der Waals surface area contributed by atoms with Crippen LogP contribution in [0.25, 0.3) is 6.08 Å². The molecule has 168 valence electrons. The molecule has 3 aromatic rings.